The van der Waals surface area contributed by atoms with Gasteiger partial charge < -0.3 is 19.5 Å². The number of hydrogen-bond donors (Lipinski definition) is 1. The number of esters is 1. The maximum absolute atomic E-state index is 12.6. The largest absolute Gasteiger partial charge is 0.497 e. The molecule has 4 rings (SSSR count). The Balaban J connectivity index is 1.79. The molecule has 0 radical (unpaired) electrons. The number of benzene rings is 2. The second-order valence-electron chi connectivity index (χ2n) is 6.55. The number of aromatic nitrogens is 2. The van der Waals surface area contributed by atoms with Crippen LogP contribution in [0.4, 0.5) is 11.4 Å². The van der Waals surface area contributed by atoms with Crippen LogP contribution in [-0.4, -0.2) is 29.7 Å². The molecule has 1 N–H and O–H groups in total. The van der Waals surface area contributed by atoms with Crippen molar-refractivity contribution in [1.82, 2.24) is 9.97 Å². The highest BCUT2D eigenvalue weighted by Crippen LogP contribution is 2.31. The van der Waals surface area contributed by atoms with Gasteiger partial charge in [-0.15, -0.1) is 0 Å². The topological polar surface area (TPSA) is 82.6 Å². The Hall–Kier alpha value is -4.13. The third-order valence-corrected chi connectivity index (χ3v) is 4.51. The Labute approximate surface area is 179 Å². The summed E-state index contributed by atoms with van der Waals surface area (Å²) in [7, 11) is 1.61. The lowest BCUT2D eigenvalue weighted by molar-refractivity contribution is 0.0527. The number of fused-ring (bicyclic) bond motifs is 1. The summed E-state index contributed by atoms with van der Waals surface area (Å²) in [4.78, 5) is 21.6. The van der Waals surface area contributed by atoms with E-state index in [1.807, 2.05) is 54.6 Å². The van der Waals surface area contributed by atoms with Crippen LogP contribution < -0.4 is 14.8 Å². The van der Waals surface area contributed by atoms with E-state index < -0.39 is 5.97 Å². The second-order valence-corrected chi connectivity index (χ2v) is 6.55. The summed E-state index contributed by atoms with van der Waals surface area (Å²) in [6, 6.07) is 20.3. The van der Waals surface area contributed by atoms with Crippen LogP contribution in [0.1, 0.15) is 17.3 Å². The maximum Gasteiger partial charge on any atom is 0.341 e. The fourth-order valence-corrected chi connectivity index (χ4v) is 3.02. The van der Waals surface area contributed by atoms with E-state index in [1.54, 1.807) is 26.2 Å². The molecule has 4 aromatic rings. The molecule has 0 unspecified atom stereocenters. The van der Waals surface area contributed by atoms with Gasteiger partial charge in [0.1, 0.15) is 22.6 Å². The fourth-order valence-electron chi connectivity index (χ4n) is 3.02. The summed E-state index contributed by atoms with van der Waals surface area (Å²) in [6.07, 6.45) is 1.49. The van der Waals surface area contributed by atoms with E-state index in [0.717, 1.165) is 11.4 Å². The highest BCUT2D eigenvalue weighted by Gasteiger charge is 2.19. The van der Waals surface area contributed by atoms with Crippen molar-refractivity contribution >= 4 is 28.4 Å². The van der Waals surface area contributed by atoms with Gasteiger partial charge in [0.05, 0.1) is 24.9 Å². The van der Waals surface area contributed by atoms with E-state index in [-0.39, 0.29) is 12.2 Å². The van der Waals surface area contributed by atoms with Gasteiger partial charge in [0.2, 0.25) is 5.88 Å². The van der Waals surface area contributed by atoms with Crippen molar-refractivity contribution in [3.8, 4) is 17.4 Å². The predicted molar refractivity (Wildman–Crippen MR) is 118 cm³/mol. The molecular weight excluding hydrogens is 394 g/mol. The number of pyridine rings is 2. The normalized spacial score (nSPS) is 10.5. The summed E-state index contributed by atoms with van der Waals surface area (Å²) in [5, 5.41) is 3.28. The lowest BCUT2D eigenvalue weighted by atomic mass is 10.1. The standard InChI is InChI=1S/C24H21N3O4/c1-3-30-24(28)19-15-25-20-13-14-21(31-18-7-5-4-6-8-18)27-23(20)22(19)26-16-9-11-17(29-2)12-10-16/h4-15H,3H2,1-2H3,(H,25,26). The number of anilines is 2. The summed E-state index contributed by atoms with van der Waals surface area (Å²) < 4.78 is 16.3. The molecule has 0 spiro atoms. The van der Waals surface area contributed by atoms with E-state index in [4.69, 9.17) is 14.2 Å². The van der Waals surface area contributed by atoms with Crippen molar-refractivity contribution in [2.24, 2.45) is 0 Å². The van der Waals surface area contributed by atoms with Gasteiger partial charge in [-0.05, 0) is 49.4 Å². The predicted octanol–water partition coefficient (Wildman–Crippen LogP) is 5.35. The smallest absolute Gasteiger partial charge is 0.341 e. The average Bonchev–Trinajstić information content (AvgIpc) is 2.80. The minimum absolute atomic E-state index is 0.253. The molecule has 7 heteroatoms. The van der Waals surface area contributed by atoms with Crippen molar-refractivity contribution in [2.45, 2.75) is 6.92 Å². The zero-order valence-electron chi connectivity index (χ0n) is 17.2. The molecule has 0 aliphatic carbocycles. The summed E-state index contributed by atoms with van der Waals surface area (Å²) in [6.45, 7) is 2.01. The van der Waals surface area contributed by atoms with Gasteiger partial charge in [-0.25, -0.2) is 9.78 Å². The van der Waals surface area contributed by atoms with Gasteiger partial charge in [-0.2, -0.15) is 0 Å². The Kier molecular flexibility index (Phi) is 5.93. The van der Waals surface area contributed by atoms with Crippen LogP contribution in [-0.2, 0) is 4.74 Å². The van der Waals surface area contributed by atoms with Crippen LogP contribution in [0.5, 0.6) is 17.4 Å². The highest BCUT2D eigenvalue weighted by molar-refractivity contribution is 6.04. The summed E-state index contributed by atoms with van der Waals surface area (Å²) in [5.41, 5.74) is 2.65. The molecule has 2 aromatic heterocycles. The number of nitrogens with zero attached hydrogens (tertiary/aromatic N) is 2. The molecule has 0 aliphatic heterocycles. The minimum Gasteiger partial charge on any atom is -0.497 e. The zero-order chi connectivity index (χ0) is 21.6. The Morgan fingerprint density at radius 2 is 1.74 bits per heavy atom. The SMILES string of the molecule is CCOC(=O)c1cnc2ccc(Oc3ccccc3)nc2c1Nc1ccc(OC)cc1. The van der Waals surface area contributed by atoms with Gasteiger partial charge in [-0.3, -0.25) is 4.98 Å². The third-order valence-electron chi connectivity index (χ3n) is 4.51. The summed E-state index contributed by atoms with van der Waals surface area (Å²) in [5.74, 6) is 1.30. The van der Waals surface area contributed by atoms with Crippen LogP contribution in [0.2, 0.25) is 0 Å². The lowest BCUT2D eigenvalue weighted by Gasteiger charge is -2.14. The van der Waals surface area contributed by atoms with Gasteiger partial charge in [0.25, 0.3) is 0 Å². The molecule has 0 saturated heterocycles. The Morgan fingerprint density at radius 3 is 2.45 bits per heavy atom. The van der Waals surface area contributed by atoms with E-state index in [0.29, 0.717) is 28.4 Å². The number of rotatable bonds is 7. The molecule has 2 aromatic carbocycles. The molecule has 31 heavy (non-hydrogen) atoms. The molecule has 0 bridgehead atoms. The van der Waals surface area contributed by atoms with Gasteiger partial charge >= 0.3 is 5.97 Å². The monoisotopic (exact) mass is 415 g/mol. The number of carbonyl (C=O) groups excluding carboxylic acids is 1. The van der Waals surface area contributed by atoms with Crippen molar-refractivity contribution < 1.29 is 19.0 Å². The first-order valence-electron chi connectivity index (χ1n) is 9.79. The van der Waals surface area contributed by atoms with Crippen molar-refractivity contribution in [3.05, 3.63) is 78.5 Å². The van der Waals surface area contributed by atoms with Crippen LogP contribution in [0.25, 0.3) is 11.0 Å². The molecule has 7 nitrogen and oxygen atoms in total. The van der Waals surface area contributed by atoms with Crippen molar-refractivity contribution in [1.29, 1.82) is 0 Å². The molecule has 156 valence electrons. The van der Waals surface area contributed by atoms with Crippen LogP contribution >= 0.6 is 0 Å². The minimum atomic E-state index is -0.482. The Morgan fingerprint density at radius 1 is 0.968 bits per heavy atom. The lowest BCUT2D eigenvalue weighted by Crippen LogP contribution is -2.10. The Bertz CT molecular complexity index is 1190. The molecule has 2 heterocycles. The first kappa shape index (κ1) is 20.2. The first-order valence-corrected chi connectivity index (χ1v) is 9.79. The number of carbonyl (C=O) groups is 1. The van der Waals surface area contributed by atoms with E-state index in [2.05, 4.69) is 15.3 Å². The van der Waals surface area contributed by atoms with Crippen LogP contribution in [0.3, 0.4) is 0 Å². The van der Waals surface area contributed by atoms with Crippen LogP contribution in [0, 0.1) is 0 Å². The third kappa shape index (κ3) is 4.56. The molecule has 0 aliphatic rings. The van der Waals surface area contributed by atoms with E-state index in [1.165, 1.54) is 6.20 Å². The van der Waals surface area contributed by atoms with Gasteiger partial charge in [0.15, 0.2) is 0 Å². The number of para-hydroxylation sites is 1. The first-order chi connectivity index (χ1) is 15.2. The number of nitrogens with one attached hydrogen (secondary N) is 1. The fraction of sp³-hybridized carbons (Fsp3) is 0.125. The van der Waals surface area contributed by atoms with Gasteiger partial charge in [0, 0.05) is 18.0 Å². The quantitative estimate of drug-likeness (QED) is 0.407. The highest BCUT2D eigenvalue weighted by atomic mass is 16.5. The molecular formula is C24H21N3O4. The number of hydrogen-bond acceptors (Lipinski definition) is 7. The zero-order valence-corrected chi connectivity index (χ0v) is 17.2. The van der Waals surface area contributed by atoms with E-state index in [9.17, 15) is 4.79 Å². The molecule has 0 atom stereocenters. The second kappa shape index (κ2) is 9.13. The number of ether oxygens (including phenoxy) is 3. The van der Waals surface area contributed by atoms with Crippen LogP contribution in [0.15, 0.2) is 72.9 Å². The van der Waals surface area contributed by atoms with Crippen molar-refractivity contribution in [2.75, 3.05) is 19.0 Å². The average molecular weight is 415 g/mol. The molecule has 0 amide bonds. The molecule has 0 saturated carbocycles. The van der Waals surface area contributed by atoms with Gasteiger partial charge in [-0.1, -0.05) is 18.2 Å². The summed E-state index contributed by atoms with van der Waals surface area (Å²) >= 11 is 0. The van der Waals surface area contributed by atoms with Crippen molar-refractivity contribution in [3.63, 3.8) is 0 Å². The number of methoxy groups -OCH3 is 1. The maximum atomic E-state index is 12.6. The van der Waals surface area contributed by atoms with E-state index >= 15 is 0 Å². The molecule has 0 fully saturated rings.